The molecule has 1 aliphatic heterocycles. The van der Waals surface area contributed by atoms with Crippen LogP contribution in [0.3, 0.4) is 0 Å². The molecule has 3 aromatic rings. The maximum absolute atomic E-state index is 13.5. The Morgan fingerprint density at radius 1 is 1.15 bits per heavy atom. The zero-order valence-corrected chi connectivity index (χ0v) is 22.9. The summed E-state index contributed by atoms with van der Waals surface area (Å²) in [5, 5.41) is 7.22. The van der Waals surface area contributed by atoms with Gasteiger partial charge < -0.3 is 21.3 Å². The molecule has 0 atom stereocenters. The molecule has 1 saturated heterocycles. The lowest BCUT2D eigenvalue weighted by Crippen LogP contribution is -2.51. The number of halogens is 4. The van der Waals surface area contributed by atoms with E-state index in [1.807, 2.05) is 25.1 Å². The summed E-state index contributed by atoms with van der Waals surface area (Å²) in [6, 6.07) is 12.7. The lowest BCUT2D eigenvalue weighted by atomic mass is 9.96. The van der Waals surface area contributed by atoms with Crippen LogP contribution in [0.5, 0.6) is 0 Å². The quantitative estimate of drug-likeness (QED) is 0.195. The number of benzene rings is 3. The Bertz CT molecular complexity index is 1400. The van der Waals surface area contributed by atoms with E-state index in [2.05, 4.69) is 31.1 Å². The minimum Gasteiger partial charge on any atom is -0.398 e. The number of nitrogens with one attached hydrogen (secondary N) is 2. The monoisotopic (exact) mass is 556 g/mol. The van der Waals surface area contributed by atoms with Gasteiger partial charge >= 0.3 is 6.18 Å². The molecule has 0 bridgehead atoms. The van der Waals surface area contributed by atoms with Crippen molar-refractivity contribution in [2.24, 2.45) is 5.92 Å². The number of hydrogen-bond donors (Lipinski definition) is 3. The number of rotatable bonds is 8. The van der Waals surface area contributed by atoms with E-state index < -0.39 is 11.7 Å². The molecular weight excluding hydrogens is 525 g/mol. The van der Waals surface area contributed by atoms with E-state index in [1.54, 1.807) is 17.0 Å². The van der Waals surface area contributed by atoms with E-state index in [4.69, 9.17) is 17.3 Å². The average Bonchev–Trinajstić information content (AvgIpc) is 2.84. The first-order chi connectivity index (χ1) is 18.4. The van der Waals surface area contributed by atoms with Crippen LogP contribution in [0, 0.1) is 12.8 Å². The van der Waals surface area contributed by atoms with E-state index in [0.717, 1.165) is 28.9 Å². The second kappa shape index (κ2) is 11.2. The molecule has 9 heteroatoms. The largest absolute Gasteiger partial charge is 0.416 e. The molecule has 1 amide bonds. The van der Waals surface area contributed by atoms with Gasteiger partial charge in [0.25, 0.3) is 0 Å². The minimum absolute atomic E-state index is 0.0968. The second-order valence-corrected chi connectivity index (χ2v) is 10.6. The number of nitrogens with zero attached hydrogens (tertiary/aromatic N) is 1. The van der Waals surface area contributed by atoms with Crippen LogP contribution < -0.4 is 16.4 Å². The molecule has 5 nitrogen and oxygen atoms in total. The molecule has 39 heavy (non-hydrogen) atoms. The first kappa shape index (κ1) is 28.4. The van der Waals surface area contributed by atoms with Crippen molar-refractivity contribution in [3.05, 3.63) is 82.9 Å². The summed E-state index contributed by atoms with van der Waals surface area (Å²) in [6.45, 7) is 11.5. The first-order valence-electron chi connectivity index (χ1n) is 12.7. The number of amides is 1. The molecule has 4 N–H and O–H groups in total. The van der Waals surface area contributed by atoms with E-state index >= 15 is 0 Å². The molecule has 0 radical (unpaired) electrons. The van der Waals surface area contributed by atoms with Crippen LogP contribution in [-0.2, 0) is 11.0 Å². The van der Waals surface area contributed by atoms with Crippen molar-refractivity contribution in [3.63, 3.8) is 0 Å². The van der Waals surface area contributed by atoms with Gasteiger partial charge in [-0.1, -0.05) is 50.2 Å². The molecule has 0 aliphatic carbocycles. The zero-order valence-electron chi connectivity index (χ0n) is 22.1. The van der Waals surface area contributed by atoms with Crippen LogP contribution in [0.25, 0.3) is 11.1 Å². The molecule has 0 spiro atoms. The van der Waals surface area contributed by atoms with Crippen LogP contribution in [0.4, 0.5) is 35.9 Å². The summed E-state index contributed by atoms with van der Waals surface area (Å²) in [5.74, 6) is 0.377. The predicted octanol–water partition coefficient (Wildman–Crippen LogP) is 7.84. The predicted molar refractivity (Wildman–Crippen MR) is 154 cm³/mol. The van der Waals surface area contributed by atoms with Crippen molar-refractivity contribution in [3.8, 4) is 11.1 Å². The van der Waals surface area contributed by atoms with Crippen molar-refractivity contribution in [2.75, 3.05) is 36.0 Å². The molecule has 4 rings (SSSR count). The molecule has 1 fully saturated rings. The number of carbonyl (C=O) groups excluding carboxylic acids is 1. The minimum atomic E-state index is -4.52. The summed E-state index contributed by atoms with van der Waals surface area (Å²) in [7, 11) is 0. The highest BCUT2D eigenvalue weighted by Crippen LogP contribution is 2.42. The molecule has 0 aromatic heterocycles. The molecule has 1 heterocycles. The number of aryl methyl sites for hydroxylation is 1. The highest BCUT2D eigenvalue weighted by molar-refractivity contribution is 6.34. The molecule has 206 valence electrons. The maximum Gasteiger partial charge on any atom is 0.416 e. The fourth-order valence-electron chi connectivity index (χ4n) is 4.73. The molecule has 0 unspecified atom stereocenters. The second-order valence-electron chi connectivity index (χ2n) is 10.2. The van der Waals surface area contributed by atoms with Gasteiger partial charge in [0.1, 0.15) is 0 Å². The Hall–Kier alpha value is -3.65. The number of hydrogen-bond acceptors (Lipinski definition) is 4. The topological polar surface area (TPSA) is 70.4 Å². The Labute approximate surface area is 231 Å². The third-order valence-corrected chi connectivity index (χ3v) is 7.30. The number of nitrogen functional groups attached to an aromatic ring is 1. The number of nitrogens with two attached hydrogens (primary N) is 1. The summed E-state index contributed by atoms with van der Waals surface area (Å²) < 4.78 is 40.5. The molecule has 0 saturated carbocycles. The molecule has 1 aliphatic rings. The first-order valence-corrected chi connectivity index (χ1v) is 13.1. The fraction of sp³-hybridized carbons (Fsp3) is 0.300. The highest BCUT2D eigenvalue weighted by atomic mass is 35.5. The summed E-state index contributed by atoms with van der Waals surface area (Å²) >= 11 is 6.67. The van der Waals surface area contributed by atoms with Crippen LogP contribution in [0.15, 0.2) is 61.2 Å². The number of carbonyl (C=O) groups is 1. The normalized spacial score (nSPS) is 13.8. The molecular formula is C30H32ClF3N4O. The standard InChI is InChI=1S/C30H32ClF3N4O/c1-5-28(39)38-15-19(16-38)14-36-26-13-24(31)22(23-11-20(30(32,33)34)9-10-25(23)35)12-27(26)37-29-18(4)7-6-8-21(29)17(2)3/h5-13,17,19,36-37H,1,14-16,35H2,2-4H3. The van der Waals surface area contributed by atoms with Gasteiger partial charge in [-0.3, -0.25) is 4.79 Å². The zero-order chi connectivity index (χ0) is 28.5. The van der Waals surface area contributed by atoms with Crippen molar-refractivity contribution >= 4 is 40.3 Å². The van der Waals surface area contributed by atoms with Crippen molar-refractivity contribution < 1.29 is 18.0 Å². The van der Waals surface area contributed by atoms with Crippen LogP contribution in [0.2, 0.25) is 5.02 Å². The van der Waals surface area contributed by atoms with E-state index in [1.165, 1.54) is 12.1 Å². The van der Waals surface area contributed by atoms with Crippen LogP contribution in [-0.4, -0.2) is 30.4 Å². The Morgan fingerprint density at radius 3 is 2.51 bits per heavy atom. The summed E-state index contributed by atoms with van der Waals surface area (Å²) in [4.78, 5) is 13.5. The summed E-state index contributed by atoms with van der Waals surface area (Å²) in [6.07, 6.45) is -3.22. The van der Waals surface area contributed by atoms with E-state index in [-0.39, 0.29) is 34.0 Å². The van der Waals surface area contributed by atoms with Crippen LogP contribution >= 0.6 is 11.6 Å². The maximum atomic E-state index is 13.5. The fourth-order valence-corrected chi connectivity index (χ4v) is 5.00. The third-order valence-electron chi connectivity index (χ3n) is 6.99. The molecule has 3 aromatic carbocycles. The van der Waals surface area contributed by atoms with Gasteiger partial charge in [-0.15, -0.1) is 0 Å². The van der Waals surface area contributed by atoms with Gasteiger partial charge in [-0.25, -0.2) is 0 Å². The Balaban J connectivity index is 1.74. The van der Waals surface area contributed by atoms with Gasteiger partial charge in [-0.2, -0.15) is 13.2 Å². The highest BCUT2D eigenvalue weighted by Gasteiger charge is 2.32. The number of para-hydroxylation sites is 1. The number of likely N-dealkylation sites (tertiary alicyclic amines) is 1. The van der Waals surface area contributed by atoms with E-state index in [0.29, 0.717) is 36.6 Å². The average molecular weight is 557 g/mol. The lowest BCUT2D eigenvalue weighted by Gasteiger charge is -2.39. The van der Waals surface area contributed by atoms with Crippen molar-refractivity contribution in [1.29, 1.82) is 0 Å². The lowest BCUT2D eigenvalue weighted by molar-refractivity contribution is -0.137. The number of anilines is 4. The van der Waals surface area contributed by atoms with Gasteiger partial charge in [0.15, 0.2) is 0 Å². The van der Waals surface area contributed by atoms with Gasteiger partial charge in [0.05, 0.1) is 22.0 Å². The van der Waals surface area contributed by atoms with Gasteiger partial charge in [-0.05, 0) is 60.4 Å². The van der Waals surface area contributed by atoms with Crippen LogP contribution in [0.1, 0.15) is 36.5 Å². The third kappa shape index (κ3) is 6.17. The van der Waals surface area contributed by atoms with Crippen molar-refractivity contribution in [2.45, 2.75) is 32.9 Å². The smallest absolute Gasteiger partial charge is 0.398 e. The Morgan fingerprint density at radius 2 is 1.87 bits per heavy atom. The Kier molecular flexibility index (Phi) is 8.16. The van der Waals surface area contributed by atoms with Crippen molar-refractivity contribution in [1.82, 2.24) is 4.90 Å². The summed E-state index contributed by atoms with van der Waals surface area (Å²) in [5.41, 5.74) is 10.5. The van der Waals surface area contributed by atoms with E-state index in [9.17, 15) is 18.0 Å². The number of alkyl halides is 3. The van der Waals surface area contributed by atoms with Gasteiger partial charge in [0, 0.05) is 48.1 Å². The SMILES string of the molecule is C=CC(=O)N1CC(CNc2cc(Cl)c(-c3cc(C(F)(F)F)ccc3N)cc2Nc2c(C)cccc2C(C)C)C1. The van der Waals surface area contributed by atoms with Gasteiger partial charge in [0.2, 0.25) is 5.91 Å².